The second-order valence-corrected chi connectivity index (χ2v) is 43.0. The molecule has 0 amide bonds. The van der Waals surface area contributed by atoms with Crippen molar-refractivity contribution in [1.82, 2.24) is 0 Å². The molecule has 0 heterocycles. The zero-order valence-corrected chi connectivity index (χ0v) is 84.1. The Hall–Kier alpha value is -15.6. The van der Waals surface area contributed by atoms with Crippen molar-refractivity contribution in [2.24, 2.45) is 0 Å². The average molecular weight is 1820 g/mol. The molecule has 0 heteroatoms. The highest BCUT2D eigenvalue weighted by Gasteiger charge is 2.56. The molecular formula is C142H118. The van der Waals surface area contributed by atoms with Gasteiger partial charge in [-0.2, -0.15) is 0 Å². The molecule has 10 aliphatic rings. The molecule has 0 saturated heterocycles. The van der Waals surface area contributed by atoms with Gasteiger partial charge >= 0.3 is 0 Å². The lowest BCUT2D eigenvalue weighted by atomic mass is 9.69. The molecule has 0 bridgehead atoms. The minimum Gasteiger partial charge on any atom is -0.0619 e. The maximum Gasteiger partial charge on any atom is 0.0728 e. The van der Waals surface area contributed by atoms with E-state index in [1.807, 2.05) is 0 Å². The smallest absolute Gasteiger partial charge is 0.0619 e. The van der Waals surface area contributed by atoms with Gasteiger partial charge in [-0.1, -0.05) is 515 Å². The zero-order valence-electron chi connectivity index (χ0n) is 84.1. The Morgan fingerprint density at radius 2 is 0.331 bits per heavy atom. The van der Waals surface area contributed by atoms with Crippen molar-refractivity contribution in [3.05, 3.63) is 593 Å². The highest BCUT2D eigenvalue weighted by atomic mass is 14.6. The van der Waals surface area contributed by atoms with Crippen LogP contribution >= 0.6 is 0 Å². The Morgan fingerprint density at radius 3 is 0.746 bits per heavy atom. The quantitative estimate of drug-likeness (QED) is 0.142. The minimum atomic E-state index is -0.190. The maximum absolute atomic E-state index is 2.40. The van der Waals surface area contributed by atoms with Crippen molar-refractivity contribution < 1.29 is 0 Å². The second kappa shape index (κ2) is 33.6. The third kappa shape index (κ3) is 13.0. The van der Waals surface area contributed by atoms with Crippen LogP contribution in [0.4, 0.5) is 0 Å². The predicted octanol–water partition coefficient (Wildman–Crippen LogP) is 36.2. The van der Waals surface area contributed by atoms with Crippen LogP contribution in [0.2, 0.25) is 0 Å². The summed E-state index contributed by atoms with van der Waals surface area (Å²) in [6, 6.07) is 163. The molecule has 142 heavy (non-hydrogen) atoms. The molecule has 30 rings (SSSR count). The molecule has 0 saturated carbocycles. The van der Waals surface area contributed by atoms with Gasteiger partial charge in [0.2, 0.25) is 0 Å². The minimum absolute atomic E-state index is 0.150. The molecule has 0 nitrogen and oxygen atoms in total. The first kappa shape index (κ1) is 89.1. The fraction of sp³-hybridized carbons (Fsp3) is 0.155. The van der Waals surface area contributed by atoms with Gasteiger partial charge in [0.1, 0.15) is 0 Å². The first-order valence-electron chi connectivity index (χ1n) is 50.9. The maximum atomic E-state index is 2.40. The lowest BCUT2D eigenvalue weighted by Crippen LogP contribution is -2.26. The largest absolute Gasteiger partial charge is 0.0728 e. The van der Waals surface area contributed by atoms with Gasteiger partial charge < -0.3 is 0 Å². The van der Waals surface area contributed by atoms with Crippen LogP contribution in [0.25, 0.3) is 111 Å². The van der Waals surface area contributed by atoms with Gasteiger partial charge in [0.05, 0.1) is 16.2 Å². The van der Waals surface area contributed by atoms with E-state index in [0.29, 0.717) is 0 Å². The molecule has 20 aromatic carbocycles. The summed E-state index contributed by atoms with van der Waals surface area (Å²) in [5.41, 5.74) is 66.1. The highest BCUT2D eigenvalue weighted by molar-refractivity contribution is 6.00. The SMILES string of the molecule is Cc1ccc2c(c1)-c1ccccc1C2(C)C.Cc1ccc2c(c1)C(C)(C)c1ccccc1-2.Cc1ccc2c(c1)C1(c3ccccc3-c3ccccc31)c1ccccc1-2.Cc1cccc2c1-c1ccccc1C2(C)C.Cc1cccc2c1-c1ccccc1C21c2ccccc2-c2ccccc21.Cc1cccc2c1C(C)(C)c1ccccc1-2.Cc1cccc2c1C1(c3ccccc3-c3ccccc31)c1ccccc1-2. The van der Waals surface area contributed by atoms with Crippen molar-refractivity contribution >= 4 is 0 Å². The number of hydrogen-bond donors (Lipinski definition) is 0. The normalized spacial score (nSPS) is 15.1. The number of hydrogen-bond acceptors (Lipinski definition) is 0. The van der Waals surface area contributed by atoms with Crippen LogP contribution in [-0.4, -0.2) is 0 Å². The summed E-state index contributed by atoms with van der Waals surface area (Å²) >= 11 is 0. The molecule has 0 aliphatic heterocycles. The van der Waals surface area contributed by atoms with Crippen molar-refractivity contribution in [2.45, 2.75) is 142 Å². The molecule has 20 aromatic rings. The molecule has 0 unspecified atom stereocenters. The first-order chi connectivity index (χ1) is 68.9. The van der Waals surface area contributed by atoms with Crippen LogP contribution in [0.5, 0.6) is 0 Å². The summed E-state index contributed by atoms with van der Waals surface area (Å²) in [6.07, 6.45) is 0. The monoisotopic (exact) mass is 1820 g/mol. The number of fused-ring (bicyclic) bond motifs is 42. The van der Waals surface area contributed by atoms with Crippen LogP contribution < -0.4 is 0 Å². The Bertz CT molecular complexity index is 8280. The predicted molar refractivity (Wildman–Crippen MR) is 597 cm³/mol. The van der Waals surface area contributed by atoms with Crippen molar-refractivity contribution in [2.75, 3.05) is 0 Å². The van der Waals surface area contributed by atoms with Crippen molar-refractivity contribution in [3.63, 3.8) is 0 Å². The third-order valence-electron chi connectivity index (χ3n) is 33.7. The van der Waals surface area contributed by atoms with Crippen LogP contribution in [0, 0.1) is 48.5 Å². The van der Waals surface area contributed by atoms with E-state index in [9.17, 15) is 0 Å². The molecule has 0 N–H and O–H groups in total. The van der Waals surface area contributed by atoms with Gasteiger partial charge in [-0.25, -0.2) is 0 Å². The van der Waals surface area contributed by atoms with Crippen LogP contribution in [0.3, 0.4) is 0 Å². The van der Waals surface area contributed by atoms with Crippen LogP contribution in [-0.2, 0) is 37.9 Å². The standard InChI is InChI=1S/3C26H18.4C16H16/c1-17-9-8-13-21-20-12-4-7-16-24(20)26(25(17)21)22-14-5-2-10-18(22)19-11-3-6-15-23(19)26;1-17-9-8-16-24-25(17)20-12-4-7-15-23(20)26(24)21-13-5-2-10-18(21)19-11-3-6-14-22(19)26;1-17-14-15-21-20-10-4-7-13-24(20)26(25(21)16-17)22-11-5-2-8-18(22)19-9-3-6-12-23(19)26;1-11-7-6-9-13-12-8-4-5-10-14(12)16(2,3)15(11)13;1-11-7-6-10-14-15(11)12-8-4-5-9-13(12)16(14,2)3;1-11-8-9-15-13(10-11)12-6-4-5-7-14(12)16(15,2)3;1-11-8-9-13-12-6-4-5-7-14(12)16(2,3)15(13)10-11/h3*2-16H,1H3;4*4-10H,1-3H3. The van der Waals surface area contributed by atoms with E-state index in [1.165, 1.54) is 261 Å². The summed E-state index contributed by atoms with van der Waals surface area (Å²) in [4.78, 5) is 0. The molecule has 686 valence electrons. The van der Waals surface area contributed by atoms with Crippen LogP contribution in [0.15, 0.2) is 443 Å². The van der Waals surface area contributed by atoms with Gasteiger partial charge in [-0.15, -0.1) is 0 Å². The fourth-order valence-electron chi connectivity index (χ4n) is 27.6. The Morgan fingerprint density at radius 1 is 0.120 bits per heavy atom. The van der Waals surface area contributed by atoms with Crippen molar-refractivity contribution in [1.29, 1.82) is 0 Å². The van der Waals surface area contributed by atoms with E-state index in [4.69, 9.17) is 0 Å². The summed E-state index contributed by atoms with van der Waals surface area (Å²) < 4.78 is 0. The lowest BCUT2D eigenvalue weighted by molar-refractivity contribution is 0.655. The van der Waals surface area contributed by atoms with Gasteiger partial charge in [0.25, 0.3) is 0 Å². The van der Waals surface area contributed by atoms with Gasteiger partial charge in [-0.3, -0.25) is 0 Å². The van der Waals surface area contributed by atoms with Crippen molar-refractivity contribution in [3.8, 4) is 111 Å². The fourth-order valence-corrected chi connectivity index (χ4v) is 27.6. The molecule has 0 fully saturated rings. The van der Waals surface area contributed by atoms with E-state index in [0.717, 1.165) is 0 Å². The van der Waals surface area contributed by atoms with E-state index in [1.54, 1.807) is 0 Å². The van der Waals surface area contributed by atoms with E-state index >= 15 is 0 Å². The van der Waals surface area contributed by atoms with E-state index in [2.05, 4.69) is 547 Å². The Balaban J connectivity index is 0.0000000906. The summed E-state index contributed by atoms with van der Waals surface area (Å²) in [5, 5.41) is 0. The molecule has 0 aromatic heterocycles. The zero-order chi connectivity index (χ0) is 97.3. The Kier molecular flexibility index (Phi) is 21.1. The second-order valence-electron chi connectivity index (χ2n) is 43.0. The lowest BCUT2D eigenvalue weighted by Gasteiger charge is -2.31. The highest BCUT2D eigenvalue weighted by Crippen LogP contribution is 2.68. The molecule has 0 radical (unpaired) electrons. The van der Waals surface area contributed by atoms with Gasteiger partial charge in [0.15, 0.2) is 0 Å². The summed E-state index contributed by atoms with van der Waals surface area (Å²) in [6.45, 7) is 34.0. The number of aryl methyl sites for hydroxylation is 7. The Labute approximate surface area is 840 Å². The molecule has 10 aliphatic carbocycles. The summed E-state index contributed by atoms with van der Waals surface area (Å²) in [7, 11) is 0. The molecular weight excluding hydrogens is 1710 g/mol. The third-order valence-corrected chi connectivity index (χ3v) is 33.7. The molecule has 3 spiro atoms. The number of rotatable bonds is 0. The van der Waals surface area contributed by atoms with Gasteiger partial charge in [0, 0.05) is 21.7 Å². The topological polar surface area (TPSA) is 0 Å². The van der Waals surface area contributed by atoms with E-state index in [-0.39, 0.29) is 37.9 Å². The number of benzene rings is 20. The molecule has 0 atom stereocenters. The first-order valence-corrected chi connectivity index (χ1v) is 50.9. The van der Waals surface area contributed by atoms with E-state index < -0.39 is 0 Å². The summed E-state index contributed by atoms with van der Waals surface area (Å²) in [5.74, 6) is 0. The van der Waals surface area contributed by atoms with Gasteiger partial charge in [-0.05, 0) is 293 Å². The van der Waals surface area contributed by atoms with Crippen LogP contribution in [0.1, 0.15) is 206 Å². The average Bonchev–Trinajstić information content (AvgIpc) is 1.50.